The zero-order valence-electron chi connectivity index (χ0n) is 23.0. The maximum Gasteiger partial charge on any atom is 0.266 e. The first-order chi connectivity index (χ1) is 19.5. The van der Waals surface area contributed by atoms with Crippen LogP contribution in [0, 0.1) is 0 Å². The lowest BCUT2D eigenvalue weighted by atomic mass is 10.0. The number of methoxy groups -OCH3 is 1. The number of fused-ring (bicyclic) bond motifs is 1. The summed E-state index contributed by atoms with van der Waals surface area (Å²) in [5, 5.41) is 0.501. The van der Waals surface area contributed by atoms with Crippen LogP contribution >= 0.6 is 0 Å². The number of hydrogen-bond donors (Lipinski definition) is 0. The largest absolute Gasteiger partial charge is 0.497 e. The molecule has 0 aliphatic carbocycles. The van der Waals surface area contributed by atoms with Crippen molar-refractivity contribution >= 4 is 16.8 Å². The van der Waals surface area contributed by atoms with Crippen molar-refractivity contribution in [2.45, 2.75) is 45.7 Å². The Labute approximate surface area is 233 Å². The summed E-state index contributed by atoms with van der Waals surface area (Å²) in [6.45, 7) is 4.28. The molecule has 40 heavy (non-hydrogen) atoms. The minimum atomic E-state index is -0.572. The average molecular weight is 536 g/mol. The maximum atomic E-state index is 14.0. The Kier molecular flexibility index (Phi) is 8.10. The van der Waals surface area contributed by atoms with Gasteiger partial charge in [0.15, 0.2) is 0 Å². The lowest BCUT2D eigenvalue weighted by Gasteiger charge is -2.30. The third-order valence-corrected chi connectivity index (χ3v) is 7.16. The molecule has 0 aliphatic heterocycles. The smallest absolute Gasteiger partial charge is 0.266 e. The summed E-state index contributed by atoms with van der Waals surface area (Å²) in [5.41, 5.74) is 2.77. The standard InChI is InChI=1S/C33H33N3O4/c1-4-5-9-24-13-15-25(16-14-24)32(37)35(22-28-10-8-21-40-28)23(2)31-34-30-12-7-6-11-29(30)33(38)36(31)26-17-19-27(39-3)20-18-26/h6-8,10-21,23H,4-5,9,22H2,1-3H3. The number of unbranched alkanes of at least 4 members (excludes halogenated alkanes) is 1. The summed E-state index contributed by atoms with van der Waals surface area (Å²) >= 11 is 0. The first kappa shape index (κ1) is 26.9. The van der Waals surface area contributed by atoms with Gasteiger partial charge < -0.3 is 14.1 Å². The number of hydrogen-bond acceptors (Lipinski definition) is 5. The number of aryl methyl sites for hydroxylation is 1. The van der Waals surface area contributed by atoms with Crippen molar-refractivity contribution in [3.8, 4) is 11.4 Å². The summed E-state index contributed by atoms with van der Waals surface area (Å²) in [5.74, 6) is 1.60. The molecular weight excluding hydrogens is 502 g/mol. The van der Waals surface area contributed by atoms with Crippen LogP contribution < -0.4 is 10.3 Å². The number of carbonyl (C=O) groups is 1. The molecule has 0 bridgehead atoms. The van der Waals surface area contributed by atoms with E-state index >= 15 is 0 Å². The van der Waals surface area contributed by atoms with Crippen molar-refractivity contribution < 1.29 is 13.9 Å². The molecule has 1 atom stereocenters. The number of benzene rings is 3. The van der Waals surface area contributed by atoms with Gasteiger partial charge in [-0.1, -0.05) is 37.6 Å². The van der Waals surface area contributed by atoms with Crippen LogP contribution in [0.3, 0.4) is 0 Å². The molecule has 1 amide bonds. The summed E-state index contributed by atoms with van der Waals surface area (Å²) in [4.78, 5) is 34.6. The molecule has 0 fully saturated rings. The maximum absolute atomic E-state index is 14.0. The Morgan fingerprint density at radius 3 is 2.42 bits per heavy atom. The molecule has 2 heterocycles. The van der Waals surface area contributed by atoms with Crippen LogP contribution in [-0.2, 0) is 13.0 Å². The molecule has 2 aromatic heterocycles. The van der Waals surface area contributed by atoms with Crippen molar-refractivity contribution in [1.29, 1.82) is 0 Å². The molecule has 0 aliphatic rings. The molecule has 204 valence electrons. The molecule has 0 spiro atoms. The number of furan rings is 1. The SMILES string of the molecule is CCCCc1ccc(C(=O)N(Cc2ccco2)C(C)c2nc3ccccc3c(=O)n2-c2ccc(OC)cc2)cc1. The Morgan fingerprint density at radius 1 is 1.00 bits per heavy atom. The van der Waals surface area contributed by atoms with E-state index in [4.69, 9.17) is 14.1 Å². The second-order valence-electron chi connectivity index (χ2n) is 9.81. The van der Waals surface area contributed by atoms with Crippen LogP contribution in [0.1, 0.15) is 60.2 Å². The molecule has 0 radical (unpaired) electrons. The Bertz CT molecular complexity index is 1640. The van der Waals surface area contributed by atoms with E-state index in [-0.39, 0.29) is 18.0 Å². The lowest BCUT2D eigenvalue weighted by molar-refractivity contribution is 0.0648. The predicted molar refractivity (Wildman–Crippen MR) is 156 cm³/mol. The number of amides is 1. The normalized spacial score (nSPS) is 11.9. The number of aromatic nitrogens is 2. The average Bonchev–Trinajstić information content (AvgIpc) is 3.52. The molecule has 5 rings (SSSR count). The van der Waals surface area contributed by atoms with Crippen LogP contribution in [0.25, 0.3) is 16.6 Å². The summed E-state index contributed by atoms with van der Waals surface area (Å²) in [6, 6.07) is 25.4. The van der Waals surface area contributed by atoms with Gasteiger partial charge in [-0.25, -0.2) is 4.98 Å². The van der Waals surface area contributed by atoms with Gasteiger partial charge in [0.2, 0.25) is 0 Å². The fraction of sp³-hybridized carbons (Fsp3) is 0.242. The lowest BCUT2D eigenvalue weighted by Crippen LogP contribution is -2.37. The van der Waals surface area contributed by atoms with Gasteiger partial charge in [-0.15, -0.1) is 0 Å². The van der Waals surface area contributed by atoms with Gasteiger partial charge in [0.05, 0.1) is 42.5 Å². The number of ether oxygens (including phenoxy) is 1. The van der Waals surface area contributed by atoms with Crippen molar-refractivity contribution in [3.05, 3.63) is 124 Å². The van der Waals surface area contributed by atoms with Crippen LogP contribution in [0.5, 0.6) is 5.75 Å². The van der Waals surface area contributed by atoms with Crippen molar-refractivity contribution in [2.24, 2.45) is 0 Å². The Balaban J connectivity index is 1.62. The summed E-state index contributed by atoms with van der Waals surface area (Å²) in [7, 11) is 1.60. The van der Waals surface area contributed by atoms with Gasteiger partial charge in [-0.05, 0) is 86.0 Å². The molecule has 5 aromatic rings. The second kappa shape index (κ2) is 12.0. The fourth-order valence-electron chi connectivity index (χ4n) is 4.87. The van der Waals surface area contributed by atoms with E-state index in [2.05, 4.69) is 6.92 Å². The van der Waals surface area contributed by atoms with E-state index in [9.17, 15) is 9.59 Å². The summed E-state index contributed by atoms with van der Waals surface area (Å²) in [6.07, 6.45) is 4.79. The minimum absolute atomic E-state index is 0.172. The van der Waals surface area contributed by atoms with Crippen LogP contribution in [0.2, 0.25) is 0 Å². The van der Waals surface area contributed by atoms with Gasteiger partial charge in [0, 0.05) is 5.56 Å². The van der Waals surface area contributed by atoms with Gasteiger partial charge in [0.1, 0.15) is 17.3 Å². The highest BCUT2D eigenvalue weighted by atomic mass is 16.5. The van der Waals surface area contributed by atoms with E-state index in [0.717, 1.165) is 19.3 Å². The zero-order valence-corrected chi connectivity index (χ0v) is 23.0. The third-order valence-electron chi connectivity index (χ3n) is 7.16. The number of rotatable bonds is 10. The number of carbonyl (C=O) groups excluding carboxylic acids is 1. The van der Waals surface area contributed by atoms with E-state index in [1.807, 2.05) is 67.6 Å². The molecule has 1 unspecified atom stereocenters. The van der Waals surface area contributed by atoms with Crippen LogP contribution in [-0.4, -0.2) is 27.5 Å². The molecule has 3 aromatic carbocycles. The van der Waals surface area contributed by atoms with Gasteiger partial charge in [0.25, 0.3) is 11.5 Å². The van der Waals surface area contributed by atoms with E-state index in [0.29, 0.717) is 39.5 Å². The highest BCUT2D eigenvalue weighted by Gasteiger charge is 2.28. The highest BCUT2D eigenvalue weighted by Crippen LogP contribution is 2.27. The zero-order chi connectivity index (χ0) is 28.1. The molecule has 0 N–H and O–H groups in total. The third kappa shape index (κ3) is 5.54. The van der Waals surface area contributed by atoms with E-state index < -0.39 is 6.04 Å². The molecule has 0 saturated heterocycles. The van der Waals surface area contributed by atoms with Crippen LogP contribution in [0.15, 0.2) is 100 Å². The number of nitrogens with zero attached hydrogens (tertiary/aromatic N) is 3. The van der Waals surface area contributed by atoms with E-state index in [1.54, 1.807) is 47.1 Å². The number of para-hydroxylation sites is 1. The second-order valence-corrected chi connectivity index (χ2v) is 9.81. The van der Waals surface area contributed by atoms with Crippen LogP contribution in [0.4, 0.5) is 0 Å². The minimum Gasteiger partial charge on any atom is -0.497 e. The molecule has 0 saturated carbocycles. The first-order valence-corrected chi connectivity index (χ1v) is 13.6. The molecule has 7 nitrogen and oxygen atoms in total. The monoisotopic (exact) mass is 535 g/mol. The Hall–Kier alpha value is -4.65. The summed E-state index contributed by atoms with van der Waals surface area (Å²) < 4.78 is 12.5. The predicted octanol–water partition coefficient (Wildman–Crippen LogP) is 6.73. The highest BCUT2D eigenvalue weighted by molar-refractivity contribution is 5.94. The van der Waals surface area contributed by atoms with E-state index in [1.165, 1.54) is 5.56 Å². The molecular formula is C33H33N3O4. The van der Waals surface area contributed by atoms with Gasteiger partial charge >= 0.3 is 0 Å². The topological polar surface area (TPSA) is 77.6 Å². The molecule has 7 heteroatoms. The quantitative estimate of drug-likeness (QED) is 0.198. The van der Waals surface area contributed by atoms with Gasteiger partial charge in [-0.2, -0.15) is 0 Å². The fourth-order valence-corrected chi connectivity index (χ4v) is 4.87. The van der Waals surface area contributed by atoms with Crippen molar-refractivity contribution in [1.82, 2.24) is 14.5 Å². The van der Waals surface area contributed by atoms with Crippen molar-refractivity contribution in [3.63, 3.8) is 0 Å². The van der Waals surface area contributed by atoms with Gasteiger partial charge in [-0.3, -0.25) is 14.2 Å². The Morgan fingerprint density at radius 2 is 1.75 bits per heavy atom. The van der Waals surface area contributed by atoms with Crippen molar-refractivity contribution in [2.75, 3.05) is 7.11 Å². The first-order valence-electron chi connectivity index (χ1n) is 13.6.